The maximum atomic E-state index is 4.97. The Morgan fingerprint density at radius 2 is 1.25 bits per heavy atom. The molecule has 6 heteroatoms. The third-order valence-corrected chi connectivity index (χ3v) is 6.02. The zero-order chi connectivity index (χ0) is 12.6. The molecule has 94 valence electrons. The summed E-state index contributed by atoms with van der Waals surface area (Å²) in [7, 11) is 3.68. The predicted molar refractivity (Wildman–Crippen MR) is 86.2 cm³/mol. The lowest BCUT2D eigenvalue weighted by Crippen LogP contribution is -2.30. The standard InChI is InChI=1S/C10H20N2S4/c1-5-11(7-13)9(3)15-16-10(4)12(6-2)8-14/h7-10H,5-6H2,1-4H3. The van der Waals surface area contributed by atoms with Gasteiger partial charge in [0.25, 0.3) is 0 Å². The van der Waals surface area contributed by atoms with E-state index in [1.165, 1.54) is 0 Å². The van der Waals surface area contributed by atoms with Crippen LogP contribution in [0.25, 0.3) is 0 Å². The molecule has 0 spiro atoms. The minimum Gasteiger partial charge on any atom is -0.356 e. The lowest BCUT2D eigenvalue weighted by atomic mass is 10.6. The van der Waals surface area contributed by atoms with Gasteiger partial charge in [0, 0.05) is 13.1 Å². The Morgan fingerprint density at radius 3 is 1.44 bits per heavy atom. The van der Waals surface area contributed by atoms with E-state index in [1.54, 1.807) is 11.0 Å². The van der Waals surface area contributed by atoms with E-state index in [4.69, 9.17) is 24.4 Å². The van der Waals surface area contributed by atoms with Gasteiger partial charge in [0.2, 0.25) is 0 Å². The Kier molecular flexibility index (Phi) is 9.79. The lowest BCUT2D eigenvalue weighted by molar-refractivity contribution is 0.452. The summed E-state index contributed by atoms with van der Waals surface area (Å²) in [5, 5.41) is 0.803. The molecule has 16 heavy (non-hydrogen) atoms. The summed E-state index contributed by atoms with van der Waals surface area (Å²) in [6.07, 6.45) is 0. The molecule has 0 aromatic heterocycles. The van der Waals surface area contributed by atoms with Gasteiger partial charge in [-0.2, -0.15) is 0 Å². The molecule has 0 rings (SSSR count). The molecule has 0 amide bonds. The minimum atomic E-state index is 0.402. The molecule has 0 radical (unpaired) electrons. The first-order chi connectivity index (χ1) is 7.60. The van der Waals surface area contributed by atoms with Crippen molar-refractivity contribution in [3.63, 3.8) is 0 Å². The summed E-state index contributed by atoms with van der Waals surface area (Å²) >= 11 is 9.94. The Bertz CT molecular complexity index is 191. The second-order valence-electron chi connectivity index (χ2n) is 3.26. The maximum Gasteiger partial charge on any atom is 0.0826 e. The Labute approximate surface area is 118 Å². The average Bonchev–Trinajstić information content (AvgIpc) is 2.29. The fourth-order valence-corrected chi connectivity index (χ4v) is 4.51. The third kappa shape index (κ3) is 5.70. The minimum absolute atomic E-state index is 0.402. The molecule has 2 nitrogen and oxygen atoms in total. The third-order valence-electron chi connectivity index (χ3n) is 2.27. The van der Waals surface area contributed by atoms with Crippen molar-refractivity contribution in [3.8, 4) is 0 Å². The molecule has 0 heterocycles. The van der Waals surface area contributed by atoms with E-state index in [1.807, 2.05) is 21.6 Å². The molecular weight excluding hydrogens is 276 g/mol. The summed E-state index contributed by atoms with van der Waals surface area (Å²) in [4.78, 5) is 4.29. The van der Waals surface area contributed by atoms with Crippen LogP contribution in [-0.2, 0) is 0 Å². The molecule has 0 aliphatic heterocycles. The topological polar surface area (TPSA) is 6.48 Å². The van der Waals surface area contributed by atoms with Crippen LogP contribution in [0, 0.1) is 0 Å². The quantitative estimate of drug-likeness (QED) is 0.362. The average molecular weight is 297 g/mol. The van der Waals surface area contributed by atoms with Crippen LogP contribution in [0.5, 0.6) is 0 Å². The van der Waals surface area contributed by atoms with Crippen molar-refractivity contribution in [1.29, 1.82) is 0 Å². The first-order valence-corrected chi connectivity index (χ1v) is 8.56. The summed E-state index contributed by atoms with van der Waals surface area (Å²) in [6, 6.07) is 0. The van der Waals surface area contributed by atoms with Gasteiger partial charge in [-0.25, -0.2) is 0 Å². The largest absolute Gasteiger partial charge is 0.356 e. The van der Waals surface area contributed by atoms with Crippen LogP contribution in [0.15, 0.2) is 0 Å². The van der Waals surface area contributed by atoms with Gasteiger partial charge in [-0.1, -0.05) is 46.0 Å². The van der Waals surface area contributed by atoms with Gasteiger partial charge in [-0.3, -0.25) is 0 Å². The van der Waals surface area contributed by atoms with Gasteiger partial charge in [0.05, 0.1) is 21.7 Å². The number of thiocarbonyl (C=S) groups is 2. The molecule has 2 atom stereocenters. The smallest absolute Gasteiger partial charge is 0.0826 e. The van der Waals surface area contributed by atoms with Gasteiger partial charge in [0.15, 0.2) is 0 Å². The molecule has 0 N–H and O–H groups in total. The summed E-state index contributed by atoms with van der Waals surface area (Å²) in [5.41, 5.74) is 3.47. The molecule has 2 unspecified atom stereocenters. The highest BCUT2D eigenvalue weighted by Crippen LogP contribution is 2.33. The van der Waals surface area contributed by atoms with Crippen LogP contribution in [0.4, 0.5) is 0 Å². The Morgan fingerprint density at radius 1 is 0.938 bits per heavy atom. The van der Waals surface area contributed by atoms with E-state index < -0.39 is 0 Å². The molecule has 0 aliphatic carbocycles. The van der Waals surface area contributed by atoms with Crippen LogP contribution < -0.4 is 0 Å². The van der Waals surface area contributed by atoms with Crippen molar-refractivity contribution in [2.45, 2.75) is 38.4 Å². The normalized spacial score (nSPS) is 14.0. The molecule has 0 aliphatic rings. The Balaban J connectivity index is 4.03. The van der Waals surface area contributed by atoms with Crippen molar-refractivity contribution in [1.82, 2.24) is 9.80 Å². The van der Waals surface area contributed by atoms with Crippen molar-refractivity contribution < 1.29 is 0 Å². The highest BCUT2D eigenvalue weighted by molar-refractivity contribution is 8.77. The number of hydrogen-bond donors (Lipinski definition) is 0. The first kappa shape index (κ1) is 16.5. The number of rotatable bonds is 9. The van der Waals surface area contributed by atoms with Crippen LogP contribution in [0.1, 0.15) is 27.7 Å². The van der Waals surface area contributed by atoms with Gasteiger partial charge < -0.3 is 9.80 Å². The SMILES string of the molecule is CCN(C=S)C(C)SSC(C)N(C=S)CC. The molecule has 0 saturated carbocycles. The van der Waals surface area contributed by atoms with Gasteiger partial charge in [-0.05, 0) is 27.7 Å². The van der Waals surface area contributed by atoms with Gasteiger partial charge in [-0.15, -0.1) is 0 Å². The first-order valence-electron chi connectivity index (χ1n) is 5.34. The molecule has 0 fully saturated rings. The molecule has 0 aromatic carbocycles. The van der Waals surface area contributed by atoms with E-state index in [9.17, 15) is 0 Å². The van der Waals surface area contributed by atoms with E-state index >= 15 is 0 Å². The highest BCUT2D eigenvalue weighted by atomic mass is 33.1. The second kappa shape index (κ2) is 9.50. The lowest BCUT2D eigenvalue weighted by Gasteiger charge is -2.28. The fourth-order valence-electron chi connectivity index (χ4n) is 1.11. The summed E-state index contributed by atoms with van der Waals surface area (Å²) < 4.78 is 0. The van der Waals surface area contributed by atoms with Gasteiger partial charge in [0.1, 0.15) is 0 Å². The second-order valence-corrected chi connectivity index (χ2v) is 6.59. The van der Waals surface area contributed by atoms with Crippen molar-refractivity contribution in [2.24, 2.45) is 0 Å². The maximum absolute atomic E-state index is 4.97. The van der Waals surface area contributed by atoms with E-state index in [2.05, 4.69) is 37.5 Å². The summed E-state index contributed by atoms with van der Waals surface area (Å²) in [5.74, 6) is 0. The zero-order valence-corrected chi connectivity index (χ0v) is 13.5. The monoisotopic (exact) mass is 296 g/mol. The predicted octanol–water partition coefficient (Wildman–Crippen LogP) is 3.62. The number of nitrogens with zero attached hydrogens (tertiary/aromatic N) is 2. The van der Waals surface area contributed by atoms with E-state index in [-0.39, 0.29) is 0 Å². The molecular formula is C10H20N2S4. The van der Waals surface area contributed by atoms with Crippen LogP contribution in [0.2, 0.25) is 0 Å². The van der Waals surface area contributed by atoms with Gasteiger partial charge >= 0.3 is 0 Å². The van der Waals surface area contributed by atoms with E-state index in [0.29, 0.717) is 10.7 Å². The fraction of sp³-hybridized carbons (Fsp3) is 0.800. The molecule has 0 saturated heterocycles. The van der Waals surface area contributed by atoms with Crippen molar-refractivity contribution in [3.05, 3.63) is 0 Å². The molecule has 0 aromatic rings. The van der Waals surface area contributed by atoms with Crippen LogP contribution >= 0.6 is 46.0 Å². The van der Waals surface area contributed by atoms with Crippen molar-refractivity contribution in [2.75, 3.05) is 13.1 Å². The summed E-state index contributed by atoms with van der Waals surface area (Å²) in [6.45, 7) is 10.5. The molecule has 0 bridgehead atoms. The number of hydrogen-bond acceptors (Lipinski definition) is 4. The van der Waals surface area contributed by atoms with Crippen LogP contribution in [0.3, 0.4) is 0 Å². The van der Waals surface area contributed by atoms with Crippen molar-refractivity contribution >= 4 is 57.0 Å². The van der Waals surface area contributed by atoms with Crippen LogP contribution in [-0.4, -0.2) is 44.6 Å². The highest BCUT2D eigenvalue weighted by Gasteiger charge is 2.14. The van der Waals surface area contributed by atoms with E-state index in [0.717, 1.165) is 13.1 Å². The Hall–Kier alpha value is 0.480. The zero-order valence-electron chi connectivity index (χ0n) is 10.3.